The number of carbonyl (C=O) groups is 1. The molecule has 0 bridgehead atoms. The van der Waals surface area contributed by atoms with Gasteiger partial charge in [0.2, 0.25) is 0 Å². The van der Waals surface area contributed by atoms with Crippen molar-refractivity contribution in [2.45, 2.75) is 10.6 Å². The van der Waals surface area contributed by atoms with Crippen LogP contribution in [0.1, 0.15) is 21.5 Å². The van der Waals surface area contributed by atoms with E-state index in [4.69, 9.17) is 21.1 Å². The summed E-state index contributed by atoms with van der Waals surface area (Å²) >= 11 is 11.1. The highest BCUT2D eigenvalue weighted by molar-refractivity contribution is 9.10. The molecule has 5 nitrogen and oxygen atoms in total. The van der Waals surface area contributed by atoms with Crippen LogP contribution in [0.4, 0.5) is 0 Å². The zero-order chi connectivity index (χ0) is 23.6. The molecule has 0 saturated carbocycles. The predicted octanol–water partition coefficient (Wildman–Crippen LogP) is 6.73. The molecule has 0 aliphatic heterocycles. The largest absolute Gasteiger partial charge is 0.493 e. The quantitative estimate of drug-likeness (QED) is 0.133. The molecule has 0 aromatic heterocycles. The molecule has 1 N–H and O–H groups in total. The Morgan fingerprint density at radius 3 is 2.58 bits per heavy atom. The minimum atomic E-state index is -0.292. The number of methoxy groups -OCH3 is 1. The van der Waals surface area contributed by atoms with Crippen LogP contribution in [0.5, 0.6) is 11.5 Å². The van der Waals surface area contributed by atoms with E-state index in [0.717, 1.165) is 26.8 Å². The maximum absolute atomic E-state index is 12.4. The third-order valence-corrected chi connectivity index (χ3v) is 6.34. The van der Waals surface area contributed by atoms with Gasteiger partial charge in [0, 0.05) is 21.2 Å². The standard InChI is InChI=1S/C25H22BrClN2O3S/c1-3-12-32-24-22(26)13-18(14-23(24)31-2)15-28-29-25(30)19-6-4-17(5-7-19)16-33-21-10-8-20(27)9-11-21/h3-11,13-15H,1,12,16H2,2H3,(H,29,30)/b28-15+. The second kappa shape index (κ2) is 12.5. The molecule has 0 aliphatic rings. The van der Waals surface area contributed by atoms with Crippen molar-refractivity contribution < 1.29 is 14.3 Å². The maximum atomic E-state index is 12.4. The van der Waals surface area contributed by atoms with Crippen molar-refractivity contribution >= 4 is 51.4 Å². The van der Waals surface area contributed by atoms with Crippen LogP contribution < -0.4 is 14.9 Å². The lowest BCUT2D eigenvalue weighted by molar-refractivity contribution is 0.0955. The van der Waals surface area contributed by atoms with Gasteiger partial charge in [-0.25, -0.2) is 5.43 Å². The number of hydrogen-bond acceptors (Lipinski definition) is 5. The van der Waals surface area contributed by atoms with Crippen LogP contribution in [0.25, 0.3) is 0 Å². The highest BCUT2D eigenvalue weighted by Gasteiger charge is 2.11. The fraction of sp³-hybridized carbons (Fsp3) is 0.120. The molecule has 0 atom stereocenters. The number of nitrogens with one attached hydrogen (secondary N) is 1. The van der Waals surface area contributed by atoms with Crippen molar-refractivity contribution in [1.29, 1.82) is 0 Å². The first kappa shape index (κ1) is 24.9. The van der Waals surface area contributed by atoms with E-state index in [9.17, 15) is 4.79 Å². The van der Waals surface area contributed by atoms with E-state index in [0.29, 0.717) is 28.1 Å². The van der Waals surface area contributed by atoms with Gasteiger partial charge in [0.1, 0.15) is 6.61 Å². The molecular weight excluding hydrogens is 524 g/mol. The molecule has 0 spiro atoms. The number of benzene rings is 3. The monoisotopic (exact) mass is 544 g/mol. The molecule has 1 amide bonds. The summed E-state index contributed by atoms with van der Waals surface area (Å²) in [7, 11) is 1.56. The van der Waals surface area contributed by atoms with E-state index >= 15 is 0 Å². The Morgan fingerprint density at radius 1 is 1.18 bits per heavy atom. The number of nitrogens with zero attached hydrogens (tertiary/aromatic N) is 1. The lowest BCUT2D eigenvalue weighted by Gasteiger charge is -2.12. The van der Waals surface area contributed by atoms with Gasteiger partial charge in [-0.1, -0.05) is 36.4 Å². The molecule has 170 valence electrons. The molecule has 3 rings (SSSR count). The second-order valence-corrected chi connectivity index (χ2v) is 9.11. The first-order valence-electron chi connectivity index (χ1n) is 9.92. The number of amides is 1. The molecular formula is C25H22BrClN2O3S. The smallest absolute Gasteiger partial charge is 0.271 e. The second-order valence-electron chi connectivity index (χ2n) is 6.77. The summed E-state index contributed by atoms with van der Waals surface area (Å²) in [6, 6.07) is 18.8. The zero-order valence-corrected chi connectivity index (χ0v) is 21.0. The number of halogens is 2. The highest BCUT2D eigenvalue weighted by Crippen LogP contribution is 2.36. The molecule has 3 aromatic carbocycles. The van der Waals surface area contributed by atoms with Gasteiger partial charge >= 0.3 is 0 Å². The third-order valence-electron chi connectivity index (χ3n) is 4.41. The molecule has 0 radical (unpaired) electrons. The van der Waals surface area contributed by atoms with Crippen molar-refractivity contribution in [2.24, 2.45) is 5.10 Å². The van der Waals surface area contributed by atoms with Crippen LogP contribution in [0.3, 0.4) is 0 Å². The molecule has 8 heteroatoms. The summed E-state index contributed by atoms with van der Waals surface area (Å²) in [5.41, 5.74) is 4.93. The van der Waals surface area contributed by atoms with Crippen molar-refractivity contribution in [2.75, 3.05) is 13.7 Å². The fourth-order valence-electron chi connectivity index (χ4n) is 2.78. The van der Waals surface area contributed by atoms with Gasteiger partial charge in [0.15, 0.2) is 11.5 Å². The number of hydrazone groups is 1. The lowest BCUT2D eigenvalue weighted by Crippen LogP contribution is -2.17. The minimum Gasteiger partial charge on any atom is -0.493 e. The van der Waals surface area contributed by atoms with Crippen molar-refractivity contribution in [3.63, 3.8) is 0 Å². The van der Waals surface area contributed by atoms with Gasteiger partial charge in [0.05, 0.1) is 17.8 Å². The van der Waals surface area contributed by atoms with E-state index in [1.807, 2.05) is 42.5 Å². The average Bonchev–Trinajstić information content (AvgIpc) is 2.83. The molecule has 3 aromatic rings. The van der Waals surface area contributed by atoms with Crippen molar-refractivity contribution in [3.05, 3.63) is 99.5 Å². The Morgan fingerprint density at radius 2 is 1.91 bits per heavy atom. The summed E-state index contributed by atoms with van der Waals surface area (Å²) in [4.78, 5) is 13.6. The number of hydrogen-bond donors (Lipinski definition) is 1. The zero-order valence-electron chi connectivity index (χ0n) is 17.9. The van der Waals surface area contributed by atoms with Gasteiger partial charge in [-0.05, 0) is 75.6 Å². The first-order valence-corrected chi connectivity index (χ1v) is 12.1. The first-order chi connectivity index (χ1) is 16.0. The summed E-state index contributed by atoms with van der Waals surface area (Å²) in [6.45, 7) is 4.00. The summed E-state index contributed by atoms with van der Waals surface area (Å²) in [6.07, 6.45) is 3.20. The van der Waals surface area contributed by atoms with E-state index in [1.165, 1.54) is 0 Å². The van der Waals surface area contributed by atoms with Crippen LogP contribution in [0, 0.1) is 0 Å². The predicted molar refractivity (Wildman–Crippen MR) is 139 cm³/mol. The molecule has 0 aliphatic carbocycles. The highest BCUT2D eigenvalue weighted by atomic mass is 79.9. The van der Waals surface area contributed by atoms with Crippen molar-refractivity contribution in [3.8, 4) is 11.5 Å². The Hall–Kier alpha value is -2.74. The Bertz CT molecular complexity index is 1140. The van der Waals surface area contributed by atoms with E-state index < -0.39 is 0 Å². The Labute approximate surface area is 211 Å². The molecule has 0 saturated heterocycles. The number of carbonyl (C=O) groups excluding carboxylic acids is 1. The van der Waals surface area contributed by atoms with Crippen molar-refractivity contribution in [1.82, 2.24) is 5.43 Å². The number of thioether (sulfide) groups is 1. The summed E-state index contributed by atoms with van der Waals surface area (Å²) < 4.78 is 11.7. The molecule has 33 heavy (non-hydrogen) atoms. The van der Waals surface area contributed by atoms with Crippen LogP contribution in [-0.2, 0) is 5.75 Å². The number of ether oxygens (including phenoxy) is 2. The number of rotatable bonds is 10. The van der Waals surface area contributed by atoms with E-state index in [-0.39, 0.29) is 5.91 Å². The average molecular weight is 546 g/mol. The molecule has 0 fully saturated rings. The topological polar surface area (TPSA) is 59.9 Å². The van der Waals surface area contributed by atoms with Crippen LogP contribution >= 0.6 is 39.3 Å². The van der Waals surface area contributed by atoms with Gasteiger partial charge in [-0.3, -0.25) is 4.79 Å². The van der Waals surface area contributed by atoms with Gasteiger partial charge in [0.25, 0.3) is 5.91 Å². The Kier molecular flexibility index (Phi) is 9.42. The van der Waals surface area contributed by atoms with Gasteiger partial charge in [-0.15, -0.1) is 11.8 Å². The normalized spacial score (nSPS) is 10.8. The summed E-state index contributed by atoms with van der Waals surface area (Å²) in [5, 5.41) is 4.78. The van der Waals surface area contributed by atoms with Gasteiger partial charge < -0.3 is 9.47 Å². The summed E-state index contributed by atoms with van der Waals surface area (Å²) in [5.74, 6) is 1.63. The van der Waals surface area contributed by atoms with E-state index in [1.54, 1.807) is 49.4 Å². The van der Waals surface area contributed by atoms with Crippen LogP contribution in [-0.4, -0.2) is 25.8 Å². The third kappa shape index (κ3) is 7.39. The molecule has 0 heterocycles. The van der Waals surface area contributed by atoms with Crippen LogP contribution in [0.2, 0.25) is 5.02 Å². The fourth-order valence-corrected chi connectivity index (χ4v) is 4.33. The van der Waals surface area contributed by atoms with Gasteiger partial charge in [-0.2, -0.15) is 5.10 Å². The SMILES string of the molecule is C=CCOc1c(Br)cc(/C=N/NC(=O)c2ccc(CSc3ccc(Cl)cc3)cc2)cc1OC. The minimum absolute atomic E-state index is 0.292. The molecule has 0 unspecified atom stereocenters. The van der Waals surface area contributed by atoms with Crippen LogP contribution in [0.15, 0.2) is 87.8 Å². The lowest BCUT2D eigenvalue weighted by atomic mass is 10.1. The maximum Gasteiger partial charge on any atom is 0.271 e. The van der Waals surface area contributed by atoms with E-state index in [2.05, 4.69) is 33.0 Å². The Balaban J connectivity index is 1.57.